The summed E-state index contributed by atoms with van der Waals surface area (Å²) in [6.07, 6.45) is 3.55. The molecule has 2 rings (SSSR count). The molecule has 0 saturated heterocycles. The van der Waals surface area contributed by atoms with Crippen molar-refractivity contribution in [2.24, 2.45) is 5.92 Å². The second kappa shape index (κ2) is 6.36. The van der Waals surface area contributed by atoms with Gasteiger partial charge in [0.15, 0.2) is 0 Å². The number of nitrogens with one attached hydrogen (secondary N) is 1. The maximum Gasteiger partial charge on any atom is 0.317 e. The fourth-order valence-corrected chi connectivity index (χ4v) is 2.43. The molecule has 1 aliphatic carbocycles. The van der Waals surface area contributed by atoms with Gasteiger partial charge in [0.1, 0.15) is 0 Å². The van der Waals surface area contributed by atoms with Gasteiger partial charge in [0, 0.05) is 19.3 Å². The van der Waals surface area contributed by atoms with E-state index in [2.05, 4.69) is 10.3 Å². The highest BCUT2D eigenvalue weighted by molar-refractivity contribution is 5.75. The molecule has 0 radical (unpaired) electrons. The number of hydrogen-bond donors (Lipinski definition) is 2. The molecule has 0 aromatic carbocycles. The third-order valence-electron chi connectivity index (χ3n) is 3.58. The number of rotatable bonds is 4. The normalized spacial score (nSPS) is 21.4. The molecule has 6 nitrogen and oxygen atoms in total. The van der Waals surface area contributed by atoms with Crippen LogP contribution in [0, 0.1) is 5.92 Å². The number of carboxylic acids is 1. The van der Waals surface area contributed by atoms with E-state index in [0.717, 1.165) is 12.1 Å². The Labute approximate surface area is 117 Å². The highest BCUT2D eigenvalue weighted by Gasteiger charge is 2.30. The van der Waals surface area contributed by atoms with Gasteiger partial charge in [-0.15, -0.1) is 0 Å². The Morgan fingerprint density at radius 3 is 2.85 bits per heavy atom. The summed E-state index contributed by atoms with van der Waals surface area (Å²) in [6, 6.07) is 5.33. The standard InChI is InChI=1S/C14H19N3O3/c1-17(9-12-4-2-3-7-15-12)14(20)16-11-6-5-10(8-11)13(18)19/h2-4,7,10-11H,5-6,8-9H2,1H3,(H,16,20)(H,18,19)/t10-,11+/m1/s1. The molecule has 108 valence electrons. The van der Waals surface area contributed by atoms with Crippen molar-refractivity contribution in [3.05, 3.63) is 30.1 Å². The summed E-state index contributed by atoms with van der Waals surface area (Å²) in [6.45, 7) is 0.432. The van der Waals surface area contributed by atoms with E-state index >= 15 is 0 Å². The van der Waals surface area contributed by atoms with Crippen molar-refractivity contribution in [2.75, 3.05) is 7.05 Å². The smallest absolute Gasteiger partial charge is 0.317 e. The summed E-state index contributed by atoms with van der Waals surface area (Å²) in [4.78, 5) is 28.6. The number of hydrogen-bond acceptors (Lipinski definition) is 3. The minimum absolute atomic E-state index is 0.0465. The zero-order valence-corrected chi connectivity index (χ0v) is 11.5. The van der Waals surface area contributed by atoms with E-state index in [9.17, 15) is 9.59 Å². The molecule has 0 unspecified atom stereocenters. The molecule has 1 heterocycles. The predicted octanol–water partition coefficient (Wildman–Crippen LogP) is 1.48. The number of carbonyl (C=O) groups excluding carboxylic acids is 1. The number of nitrogens with zero attached hydrogens (tertiary/aromatic N) is 2. The third-order valence-corrected chi connectivity index (χ3v) is 3.58. The molecule has 1 fully saturated rings. The van der Waals surface area contributed by atoms with E-state index in [1.807, 2.05) is 18.2 Å². The predicted molar refractivity (Wildman–Crippen MR) is 73.0 cm³/mol. The van der Waals surface area contributed by atoms with Gasteiger partial charge >= 0.3 is 12.0 Å². The van der Waals surface area contributed by atoms with Gasteiger partial charge < -0.3 is 15.3 Å². The van der Waals surface area contributed by atoms with Crippen LogP contribution in [0.25, 0.3) is 0 Å². The zero-order chi connectivity index (χ0) is 14.5. The molecule has 0 spiro atoms. The SMILES string of the molecule is CN(Cc1ccccn1)C(=O)N[C@H]1CC[C@@H](C(=O)O)C1. The van der Waals surface area contributed by atoms with E-state index in [0.29, 0.717) is 19.4 Å². The van der Waals surface area contributed by atoms with Crippen molar-refractivity contribution in [2.45, 2.75) is 31.8 Å². The first-order valence-electron chi connectivity index (χ1n) is 6.70. The molecule has 1 aliphatic rings. The van der Waals surface area contributed by atoms with Gasteiger partial charge in [-0.2, -0.15) is 0 Å². The van der Waals surface area contributed by atoms with Gasteiger partial charge in [-0.3, -0.25) is 9.78 Å². The summed E-state index contributed by atoms with van der Waals surface area (Å²) >= 11 is 0. The van der Waals surface area contributed by atoms with Crippen molar-refractivity contribution in [3.8, 4) is 0 Å². The van der Waals surface area contributed by atoms with Crippen molar-refractivity contribution >= 4 is 12.0 Å². The van der Waals surface area contributed by atoms with Crippen LogP contribution < -0.4 is 5.32 Å². The zero-order valence-electron chi connectivity index (χ0n) is 11.5. The number of aliphatic carboxylic acids is 1. The Hall–Kier alpha value is -2.11. The quantitative estimate of drug-likeness (QED) is 0.873. The molecular formula is C14H19N3O3. The van der Waals surface area contributed by atoms with Crippen molar-refractivity contribution < 1.29 is 14.7 Å². The number of carboxylic acid groups (broad SMARTS) is 1. The van der Waals surface area contributed by atoms with E-state index in [-0.39, 0.29) is 18.0 Å². The van der Waals surface area contributed by atoms with E-state index < -0.39 is 5.97 Å². The lowest BCUT2D eigenvalue weighted by Crippen LogP contribution is -2.42. The molecule has 2 N–H and O–H groups in total. The molecule has 2 amide bonds. The van der Waals surface area contributed by atoms with Crippen LogP contribution in [0.3, 0.4) is 0 Å². The van der Waals surface area contributed by atoms with Crippen LogP contribution in [-0.4, -0.2) is 40.1 Å². The van der Waals surface area contributed by atoms with Gasteiger partial charge in [0.2, 0.25) is 0 Å². The van der Waals surface area contributed by atoms with Crippen molar-refractivity contribution in [1.82, 2.24) is 15.2 Å². The van der Waals surface area contributed by atoms with Crippen LogP contribution in [0.2, 0.25) is 0 Å². The minimum atomic E-state index is -0.774. The van der Waals surface area contributed by atoms with Gasteiger partial charge in [0.05, 0.1) is 18.2 Å². The first-order valence-corrected chi connectivity index (χ1v) is 6.70. The third kappa shape index (κ3) is 3.69. The molecule has 1 aromatic heterocycles. The second-order valence-corrected chi connectivity index (χ2v) is 5.17. The lowest BCUT2D eigenvalue weighted by atomic mass is 10.1. The Morgan fingerprint density at radius 1 is 1.45 bits per heavy atom. The topological polar surface area (TPSA) is 82.5 Å². The Bertz CT molecular complexity index is 478. The Morgan fingerprint density at radius 2 is 2.25 bits per heavy atom. The molecule has 2 atom stereocenters. The van der Waals surface area contributed by atoms with Crippen LogP contribution in [0.4, 0.5) is 4.79 Å². The summed E-state index contributed by atoms with van der Waals surface area (Å²) in [5.41, 5.74) is 0.819. The summed E-state index contributed by atoms with van der Waals surface area (Å²) in [5, 5.41) is 11.8. The van der Waals surface area contributed by atoms with Gasteiger partial charge in [-0.25, -0.2) is 4.79 Å². The number of amides is 2. The van der Waals surface area contributed by atoms with Crippen LogP contribution in [0.1, 0.15) is 25.0 Å². The number of carbonyl (C=O) groups is 2. The molecule has 6 heteroatoms. The first-order chi connectivity index (χ1) is 9.56. The maximum atomic E-state index is 12.0. The van der Waals surface area contributed by atoms with Crippen LogP contribution in [0.5, 0.6) is 0 Å². The molecule has 1 saturated carbocycles. The fraction of sp³-hybridized carbons (Fsp3) is 0.500. The number of pyridine rings is 1. The Kier molecular flexibility index (Phi) is 4.55. The molecular weight excluding hydrogens is 258 g/mol. The van der Waals surface area contributed by atoms with Gasteiger partial charge in [-0.05, 0) is 31.4 Å². The fourth-order valence-electron chi connectivity index (χ4n) is 2.43. The van der Waals surface area contributed by atoms with Crippen molar-refractivity contribution in [3.63, 3.8) is 0 Å². The van der Waals surface area contributed by atoms with E-state index in [1.165, 1.54) is 0 Å². The Balaban J connectivity index is 1.81. The molecule has 0 bridgehead atoms. The van der Waals surface area contributed by atoms with Crippen LogP contribution in [0.15, 0.2) is 24.4 Å². The average Bonchev–Trinajstić information content (AvgIpc) is 2.88. The van der Waals surface area contributed by atoms with E-state index in [1.54, 1.807) is 18.1 Å². The monoisotopic (exact) mass is 277 g/mol. The summed E-state index contributed by atoms with van der Waals surface area (Å²) in [7, 11) is 1.70. The second-order valence-electron chi connectivity index (χ2n) is 5.17. The average molecular weight is 277 g/mol. The molecule has 1 aromatic rings. The van der Waals surface area contributed by atoms with Gasteiger partial charge in [-0.1, -0.05) is 6.07 Å². The largest absolute Gasteiger partial charge is 0.481 e. The first kappa shape index (κ1) is 14.3. The maximum absolute atomic E-state index is 12.0. The van der Waals surface area contributed by atoms with E-state index in [4.69, 9.17) is 5.11 Å². The lowest BCUT2D eigenvalue weighted by Gasteiger charge is -2.20. The number of aromatic nitrogens is 1. The molecule has 0 aliphatic heterocycles. The summed E-state index contributed by atoms with van der Waals surface area (Å²) in [5.74, 6) is -1.11. The lowest BCUT2D eigenvalue weighted by molar-refractivity contribution is -0.141. The van der Waals surface area contributed by atoms with Crippen LogP contribution in [-0.2, 0) is 11.3 Å². The minimum Gasteiger partial charge on any atom is -0.481 e. The summed E-state index contributed by atoms with van der Waals surface area (Å²) < 4.78 is 0. The highest BCUT2D eigenvalue weighted by Crippen LogP contribution is 2.25. The van der Waals surface area contributed by atoms with Crippen molar-refractivity contribution in [1.29, 1.82) is 0 Å². The highest BCUT2D eigenvalue weighted by atomic mass is 16.4. The van der Waals surface area contributed by atoms with Crippen LogP contribution >= 0.6 is 0 Å². The number of urea groups is 1. The molecule has 20 heavy (non-hydrogen) atoms. The van der Waals surface area contributed by atoms with Gasteiger partial charge in [0.25, 0.3) is 0 Å².